The highest BCUT2D eigenvalue weighted by Crippen LogP contribution is 2.11. The Hall–Kier alpha value is -2.15. The van der Waals surface area contributed by atoms with E-state index in [2.05, 4.69) is 16.0 Å². The number of anilines is 1. The summed E-state index contributed by atoms with van der Waals surface area (Å²) in [7, 11) is 1.50. The van der Waals surface area contributed by atoms with Gasteiger partial charge in [0.05, 0.1) is 18.8 Å². The lowest BCUT2D eigenvalue weighted by atomic mass is 10.3. The zero-order chi connectivity index (χ0) is 14.1. The topological polar surface area (TPSA) is 79.5 Å². The molecule has 0 radical (unpaired) electrons. The number of methoxy groups -OCH3 is 1. The van der Waals surface area contributed by atoms with Crippen molar-refractivity contribution in [3.63, 3.8) is 0 Å². The van der Waals surface area contributed by atoms with Crippen molar-refractivity contribution in [2.75, 3.05) is 32.1 Å². The Balaban J connectivity index is 2.28. The summed E-state index contributed by atoms with van der Waals surface area (Å²) in [5.41, 5.74) is 0.206. The number of para-hydroxylation sites is 1. The van der Waals surface area contributed by atoms with Crippen molar-refractivity contribution < 1.29 is 18.7 Å². The second kappa shape index (κ2) is 8.04. The van der Waals surface area contributed by atoms with E-state index in [0.29, 0.717) is 13.2 Å². The molecule has 0 saturated carbocycles. The summed E-state index contributed by atoms with van der Waals surface area (Å²) in [5.74, 6) is -1.02. The molecule has 0 heterocycles. The fourth-order valence-corrected chi connectivity index (χ4v) is 1.26. The van der Waals surface area contributed by atoms with E-state index in [1.807, 2.05) is 0 Å². The minimum Gasteiger partial charge on any atom is -0.383 e. The van der Waals surface area contributed by atoms with Crippen LogP contribution in [0.25, 0.3) is 0 Å². The molecule has 0 aliphatic heterocycles. The van der Waals surface area contributed by atoms with Crippen LogP contribution in [0.15, 0.2) is 24.3 Å². The third-order valence-corrected chi connectivity index (χ3v) is 2.16. The maximum atomic E-state index is 13.2. The van der Waals surface area contributed by atoms with Crippen molar-refractivity contribution in [2.24, 2.45) is 0 Å². The van der Waals surface area contributed by atoms with E-state index in [9.17, 15) is 14.0 Å². The monoisotopic (exact) mass is 269 g/mol. The van der Waals surface area contributed by atoms with Gasteiger partial charge in [-0.2, -0.15) is 0 Å². The average Bonchev–Trinajstić information content (AvgIpc) is 2.38. The van der Waals surface area contributed by atoms with Crippen LogP contribution in [0.2, 0.25) is 0 Å². The molecular weight excluding hydrogens is 253 g/mol. The first-order chi connectivity index (χ1) is 9.13. The first-order valence-electron chi connectivity index (χ1n) is 5.68. The molecule has 0 aliphatic carbocycles. The smallest absolute Gasteiger partial charge is 0.321 e. The molecule has 0 atom stereocenters. The van der Waals surface area contributed by atoms with Crippen LogP contribution >= 0.6 is 0 Å². The third-order valence-electron chi connectivity index (χ3n) is 2.16. The van der Waals surface area contributed by atoms with Gasteiger partial charge in [0.25, 0.3) is 0 Å². The normalized spacial score (nSPS) is 9.79. The molecule has 0 unspecified atom stereocenters. The van der Waals surface area contributed by atoms with Gasteiger partial charge in [-0.3, -0.25) is 10.1 Å². The number of benzene rings is 1. The number of urea groups is 1. The Morgan fingerprint density at radius 1 is 1.32 bits per heavy atom. The maximum absolute atomic E-state index is 13.2. The van der Waals surface area contributed by atoms with Gasteiger partial charge in [0, 0.05) is 13.7 Å². The molecule has 3 amide bonds. The van der Waals surface area contributed by atoms with E-state index < -0.39 is 17.8 Å². The fourth-order valence-electron chi connectivity index (χ4n) is 1.26. The quantitative estimate of drug-likeness (QED) is 0.664. The van der Waals surface area contributed by atoms with Crippen LogP contribution in [0.3, 0.4) is 0 Å². The number of hydrogen-bond acceptors (Lipinski definition) is 4. The molecule has 0 spiro atoms. The first-order valence-corrected chi connectivity index (χ1v) is 5.68. The number of imide groups is 1. The molecule has 0 aromatic heterocycles. The Bertz CT molecular complexity index is 440. The molecule has 7 heteroatoms. The highest BCUT2D eigenvalue weighted by molar-refractivity contribution is 5.96. The van der Waals surface area contributed by atoms with Gasteiger partial charge in [0.2, 0.25) is 5.91 Å². The Morgan fingerprint density at radius 2 is 2.05 bits per heavy atom. The van der Waals surface area contributed by atoms with Gasteiger partial charge in [-0.05, 0) is 12.1 Å². The first kappa shape index (κ1) is 14.9. The van der Waals surface area contributed by atoms with Gasteiger partial charge in [-0.15, -0.1) is 0 Å². The standard InChI is InChI=1S/C12H16FN3O3/c1-19-7-6-14-12(18)16-11(17)8-15-10-5-3-2-4-9(10)13/h2-5,15H,6-8H2,1H3,(H2,14,16,17,18). The lowest BCUT2D eigenvalue weighted by Gasteiger charge is -2.08. The second-order valence-electron chi connectivity index (χ2n) is 3.63. The SMILES string of the molecule is COCCNC(=O)NC(=O)CNc1ccccc1F. The third kappa shape index (κ3) is 5.82. The average molecular weight is 269 g/mol. The van der Waals surface area contributed by atoms with E-state index in [-0.39, 0.29) is 12.2 Å². The van der Waals surface area contributed by atoms with Crippen LogP contribution in [0.1, 0.15) is 0 Å². The highest BCUT2D eigenvalue weighted by Gasteiger charge is 2.07. The molecule has 6 nitrogen and oxygen atoms in total. The van der Waals surface area contributed by atoms with Gasteiger partial charge in [-0.25, -0.2) is 9.18 Å². The minimum absolute atomic E-state index is 0.196. The van der Waals surface area contributed by atoms with Gasteiger partial charge >= 0.3 is 6.03 Å². The summed E-state index contributed by atoms with van der Waals surface area (Å²) in [6, 6.07) is 5.35. The fraction of sp³-hybridized carbons (Fsp3) is 0.333. The Morgan fingerprint density at radius 3 is 2.74 bits per heavy atom. The number of amides is 3. The number of carbonyl (C=O) groups is 2. The molecule has 1 aromatic carbocycles. The second-order valence-corrected chi connectivity index (χ2v) is 3.63. The van der Waals surface area contributed by atoms with Crippen LogP contribution in [-0.4, -0.2) is 38.7 Å². The molecule has 0 fully saturated rings. The van der Waals surface area contributed by atoms with Gasteiger partial charge in [-0.1, -0.05) is 12.1 Å². The largest absolute Gasteiger partial charge is 0.383 e. The van der Waals surface area contributed by atoms with Crippen molar-refractivity contribution in [3.05, 3.63) is 30.1 Å². The molecule has 0 saturated heterocycles. The van der Waals surface area contributed by atoms with E-state index in [4.69, 9.17) is 4.74 Å². The van der Waals surface area contributed by atoms with Crippen molar-refractivity contribution in [2.45, 2.75) is 0 Å². The highest BCUT2D eigenvalue weighted by atomic mass is 19.1. The number of ether oxygens (including phenoxy) is 1. The maximum Gasteiger partial charge on any atom is 0.321 e. The number of halogens is 1. The lowest BCUT2D eigenvalue weighted by Crippen LogP contribution is -2.43. The van der Waals surface area contributed by atoms with Gasteiger partial charge in [0.1, 0.15) is 5.82 Å². The van der Waals surface area contributed by atoms with Crippen molar-refractivity contribution in [3.8, 4) is 0 Å². The Kier molecular flexibility index (Phi) is 6.31. The van der Waals surface area contributed by atoms with Crippen LogP contribution in [0.4, 0.5) is 14.9 Å². The molecule has 1 aromatic rings. The summed E-state index contributed by atoms with van der Waals surface area (Å²) >= 11 is 0. The van der Waals surface area contributed by atoms with Crippen molar-refractivity contribution in [1.82, 2.24) is 10.6 Å². The number of rotatable bonds is 6. The predicted octanol–water partition coefficient (Wildman–Crippen LogP) is 0.710. The van der Waals surface area contributed by atoms with Crippen molar-refractivity contribution in [1.29, 1.82) is 0 Å². The summed E-state index contributed by atoms with van der Waals surface area (Å²) in [6.45, 7) is 0.462. The summed E-state index contributed by atoms with van der Waals surface area (Å²) in [4.78, 5) is 22.6. The van der Waals surface area contributed by atoms with E-state index in [1.54, 1.807) is 12.1 Å². The van der Waals surface area contributed by atoms with E-state index in [1.165, 1.54) is 19.2 Å². The summed E-state index contributed by atoms with van der Waals surface area (Å²) in [5, 5.41) is 7.12. The lowest BCUT2D eigenvalue weighted by molar-refractivity contribution is -0.118. The Labute approximate surface area is 110 Å². The van der Waals surface area contributed by atoms with Gasteiger partial charge in [0.15, 0.2) is 0 Å². The zero-order valence-corrected chi connectivity index (χ0v) is 10.5. The molecule has 104 valence electrons. The molecule has 0 bridgehead atoms. The molecule has 3 N–H and O–H groups in total. The van der Waals surface area contributed by atoms with Crippen molar-refractivity contribution >= 4 is 17.6 Å². The van der Waals surface area contributed by atoms with Crippen LogP contribution in [0, 0.1) is 5.82 Å². The number of nitrogens with one attached hydrogen (secondary N) is 3. The summed E-state index contributed by atoms with van der Waals surface area (Å²) in [6.07, 6.45) is 0. The molecule has 0 aliphatic rings. The predicted molar refractivity (Wildman–Crippen MR) is 68.3 cm³/mol. The number of hydrogen-bond donors (Lipinski definition) is 3. The molecular formula is C12H16FN3O3. The van der Waals surface area contributed by atoms with Crippen LogP contribution in [0.5, 0.6) is 0 Å². The van der Waals surface area contributed by atoms with Gasteiger partial charge < -0.3 is 15.4 Å². The number of carbonyl (C=O) groups excluding carboxylic acids is 2. The van der Waals surface area contributed by atoms with E-state index >= 15 is 0 Å². The van der Waals surface area contributed by atoms with Crippen LogP contribution in [-0.2, 0) is 9.53 Å². The summed E-state index contributed by atoms with van der Waals surface area (Å²) < 4.78 is 18.0. The molecule has 19 heavy (non-hydrogen) atoms. The van der Waals surface area contributed by atoms with Crippen LogP contribution < -0.4 is 16.0 Å². The zero-order valence-electron chi connectivity index (χ0n) is 10.5. The van der Waals surface area contributed by atoms with E-state index in [0.717, 1.165) is 0 Å². The minimum atomic E-state index is -0.614. The molecule has 1 rings (SSSR count).